The molecule has 76 valence electrons. The number of halogens is 2. The Morgan fingerprint density at radius 1 is 1.07 bits per heavy atom. The number of rotatable bonds is 2. The lowest BCUT2D eigenvalue weighted by Crippen LogP contribution is -1.98. The zero-order valence-corrected chi connectivity index (χ0v) is 9.86. The summed E-state index contributed by atoms with van der Waals surface area (Å²) in [5.41, 5.74) is 1.24. The van der Waals surface area contributed by atoms with Gasteiger partial charge in [0.2, 0.25) is 0 Å². The minimum absolute atomic E-state index is 0.0326. The predicted molar refractivity (Wildman–Crippen MR) is 64.2 cm³/mol. The van der Waals surface area contributed by atoms with Crippen LogP contribution in [0.25, 0.3) is 0 Å². The van der Waals surface area contributed by atoms with Gasteiger partial charge in [-0.15, -0.1) is 0 Å². The van der Waals surface area contributed by atoms with Gasteiger partial charge in [-0.25, -0.2) is 0 Å². The van der Waals surface area contributed by atoms with Crippen LogP contribution in [0, 0.1) is 0 Å². The Hall–Kier alpha value is -0.830. The number of hydrogen-bond acceptors (Lipinski definition) is 2. The fourth-order valence-corrected chi connectivity index (χ4v) is 2.13. The monoisotopic (exact) mass is 256 g/mol. The molecule has 4 heteroatoms. The Labute approximate surface area is 101 Å². The third-order valence-corrected chi connectivity index (χ3v) is 3.39. The summed E-state index contributed by atoms with van der Waals surface area (Å²) in [7, 11) is 0. The van der Waals surface area contributed by atoms with Crippen LogP contribution in [0.2, 0.25) is 10.0 Å². The average Bonchev–Trinajstić information content (AvgIpc) is 2.74. The van der Waals surface area contributed by atoms with E-state index in [1.165, 1.54) is 11.3 Å². The highest BCUT2D eigenvalue weighted by Gasteiger charge is 2.10. The molecule has 0 N–H and O–H groups in total. The maximum atomic E-state index is 11.9. The highest BCUT2D eigenvalue weighted by Crippen LogP contribution is 2.24. The summed E-state index contributed by atoms with van der Waals surface area (Å²) in [4.78, 5) is 11.9. The third-order valence-electron chi connectivity index (χ3n) is 1.97. The number of hydrogen-bond donors (Lipinski definition) is 0. The second-order valence-electron chi connectivity index (χ2n) is 2.97. The quantitative estimate of drug-likeness (QED) is 0.733. The SMILES string of the molecule is O=C(c1ccsc1)c1ccc(Cl)c(Cl)c1. The largest absolute Gasteiger partial charge is 0.289 e. The van der Waals surface area contributed by atoms with Crippen molar-refractivity contribution >= 4 is 40.3 Å². The van der Waals surface area contributed by atoms with Crippen molar-refractivity contribution in [2.75, 3.05) is 0 Å². The lowest BCUT2D eigenvalue weighted by molar-refractivity contribution is 0.103. The first-order valence-electron chi connectivity index (χ1n) is 4.20. The summed E-state index contributed by atoms with van der Waals surface area (Å²) >= 11 is 13.1. The van der Waals surface area contributed by atoms with E-state index in [-0.39, 0.29) is 5.78 Å². The molecule has 1 nitrogen and oxygen atoms in total. The smallest absolute Gasteiger partial charge is 0.193 e. The molecule has 0 aliphatic carbocycles. The molecule has 0 unspecified atom stereocenters. The van der Waals surface area contributed by atoms with Crippen LogP contribution in [-0.2, 0) is 0 Å². The van der Waals surface area contributed by atoms with Crippen molar-refractivity contribution in [3.63, 3.8) is 0 Å². The maximum absolute atomic E-state index is 11.9. The molecule has 2 rings (SSSR count). The van der Waals surface area contributed by atoms with Gasteiger partial charge >= 0.3 is 0 Å². The molecule has 2 aromatic rings. The van der Waals surface area contributed by atoms with Gasteiger partial charge in [0.15, 0.2) is 5.78 Å². The van der Waals surface area contributed by atoms with Gasteiger partial charge < -0.3 is 0 Å². The van der Waals surface area contributed by atoms with E-state index in [0.717, 1.165) is 0 Å². The molecule has 0 fully saturated rings. The molecule has 1 aromatic heterocycles. The topological polar surface area (TPSA) is 17.1 Å². The molecule has 0 amide bonds. The summed E-state index contributed by atoms with van der Waals surface area (Å²) in [6, 6.07) is 6.68. The first-order chi connectivity index (χ1) is 7.18. The molecule has 15 heavy (non-hydrogen) atoms. The number of benzene rings is 1. The zero-order chi connectivity index (χ0) is 10.8. The van der Waals surface area contributed by atoms with Gasteiger partial charge in [-0.3, -0.25) is 4.79 Å². The molecule has 0 spiro atoms. The standard InChI is InChI=1S/C11H6Cl2OS/c12-9-2-1-7(5-10(9)13)11(14)8-3-4-15-6-8/h1-6H. The Kier molecular flexibility index (Phi) is 3.10. The molecular weight excluding hydrogens is 251 g/mol. The van der Waals surface area contributed by atoms with Crippen molar-refractivity contribution in [3.05, 3.63) is 56.2 Å². The first-order valence-corrected chi connectivity index (χ1v) is 5.90. The van der Waals surface area contributed by atoms with E-state index >= 15 is 0 Å². The van der Waals surface area contributed by atoms with Gasteiger partial charge in [-0.05, 0) is 29.6 Å². The van der Waals surface area contributed by atoms with E-state index < -0.39 is 0 Å². The van der Waals surface area contributed by atoms with Gasteiger partial charge in [-0.1, -0.05) is 23.2 Å². The van der Waals surface area contributed by atoms with Crippen LogP contribution in [0.1, 0.15) is 15.9 Å². The molecule has 0 saturated heterocycles. The van der Waals surface area contributed by atoms with Crippen molar-refractivity contribution in [1.29, 1.82) is 0 Å². The lowest BCUT2D eigenvalue weighted by Gasteiger charge is -2.00. The molecule has 0 aliphatic rings. The maximum Gasteiger partial charge on any atom is 0.193 e. The number of carbonyl (C=O) groups excluding carboxylic acids is 1. The summed E-state index contributed by atoms with van der Waals surface area (Å²) in [6.07, 6.45) is 0. The van der Waals surface area contributed by atoms with Crippen molar-refractivity contribution in [2.45, 2.75) is 0 Å². The van der Waals surface area contributed by atoms with Crippen molar-refractivity contribution in [1.82, 2.24) is 0 Å². The summed E-state index contributed by atoms with van der Waals surface area (Å²) in [5, 5.41) is 4.53. The van der Waals surface area contributed by atoms with E-state index in [1.54, 1.807) is 24.3 Å². The van der Waals surface area contributed by atoms with Gasteiger partial charge in [0, 0.05) is 16.5 Å². The number of thiophene rings is 1. The first kappa shape index (κ1) is 10.7. The van der Waals surface area contributed by atoms with E-state index in [2.05, 4.69) is 0 Å². The van der Waals surface area contributed by atoms with Gasteiger partial charge in [-0.2, -0.15) is 11.3 Å². The van der Waals surface area contributed by atoms with Crippen LogP contribution < -0.4 is 0 Å². The van der Waals surface area contributed by atoms with Crippen molar-refractivity contribution in [2.24, 2.45) is 0 Å². The zero-order valence-electron chi connectivity index (χ0n) is 7.54. The number of ketones is 1. The van der Waals surface area contributed by atoms with Crippen LogP contribution in [0.3, 0.4) is 0 Å². The molecule has 0 radical (unpaired) electrons. The molecule has 0 aliphatic heterocycles. The Morgan fingerprint density at radius 2 is 1.87 bits per heavy atom. The molecular formula is C11H6Cl2OS. The molecule has 0 saturated carbocycles. The highest BCUT2D eigenvalue weighted by molar-refractivity contribution is 7.08. The summed E-state index contributed by atoms with van der Waals surface area (Å²) < 4.78 is 0. The highest BCUT2D eigenvalue weighted by atomic mass is 35.5. The normalized spacial score (nSPS) is 10.3. The fourth-order valence-electron chi connectivity index (χ4n) is 1.20. The van der Waals surface area contributed by atoms with Crippen LogP contribution in [0.15, 0.2) is 35.0 Å². The van der Waals surface area contributed by atoms with E-state index in [1.807, 2.05) is 10.8 Å². The Balaban J connectivity index is 2.39. The average molecular weight is 257 g/mol. The van der Waals surface area contributed by atoms with Crippen molar-refractivity contribution < 1.29 is 4.79 Å². The second kappa shape index (κ2) is 4.35. The van der Waals surface area contributed by atoms with E-state index in [4.69, 9.17) is 23.2 Å². The van der Waals surface area contributed by atoms with Crippen LogP contribution in [0.4, 0.5) is 0 Å². The fraction of sp³-hybridized carbons (Fsp3) is 0. The van der Waals surface area contributed by atoms with E-state index in [9.17, 15) is 4.79 Å². The predicted octanol–water partition coefficient (Wildman–Crippen LogP) is 4.29. The molecule has 0 bridgehead atoms. The molecule has 1 aromatic carbocycles. The molecule has 0 atom stereocenters. The Morgan fingerprint density at radius 3 is 2.47 bits per heavy atom. The van der Waals surface area contributed by atoms with E-state index in [0.29, 0.717) is 21.2 Å². The second-order valence-corrected chi connectivity index (χ2v) is 4.56. The third kappa shape index (κ3) is 2.23. The van der Waals surface area contributed by atoms with Gasteiger partial charge in [0.1, 0.15) is 0 Å². The lowest BCUT2D eigenvalue weighted by atomic mass is 10.1. The van der Waals surface area contributed by atoms with Crippen LogP contribution >= 0.6 is 34.5 Å². The Bertz CT molecular complexity index is 491. The van der Waals surface area contributed by atoms with Gasteiger partial charge in [0.25, 0.3) is 0 Å². The summed E-state index contributed by atoms with van der Waals surface area (Å²) in [5.74, 6) is -0.0326. The minimum atomic E-state index is -0.0326. The van der Waals surface area contributed by atoms with Crippen LogP contribution in [-0.4, -0.2) is 5.78 Å². The number of carbonyl (C=O) groups is 1. The summed E-state index contributed by atoms with van der Waals surface area (Å²) in [6.45, 7) is 0. The van der Waals surface area contributed by atoms with Crippen molar-refractivity contribution in [3.8, 4) is 0 Å². The minimum Gasteiger partial charge on any atom is -0.289 e. The van der Waals surface area contributed by atoms with Gasteiger partial charge in [0.05, 0.1) is 10.0 Å². The van der Waals surface area contributed by atoms with Crippen LogP contribution in [0.5, 0.6) is 0 Å². The molecule has 1 heterocycles.